The van der Waals surface area contributed by atoms with Crippen LogP contribution in [0.2, 0.25) is 0 Å². The zero-order valence-electron chi connectivity index (χ0n) is 10.8. The molecule has 0 radical (unpaired) electrons. The monoisotopic (exact) mass is 258 g/mol. The maximum atomic E-state index is 11.6. The van der Waals surface area contributed by atoms with Gasteiger partial charge in [0.15, 0.2) is 0 Å². The maximum absolute atomic E-state index is 11.6. The summed E-state index contributed by atoms with van der Waals surface area (Å²) >= 11 is 0. The minimum Gasteiger partial charge on any atom is -0.356 e. The van der Waals surface area contributed by atoms with E-state index < -0.39 is 0 Å². The first kappa shape index (κ1) is 13.3. The highest BCUT2D eigenvalue weighted by atomic mass is 16.1. The van der Waals surface area contributed by atoms with Crippen molar-refractivity contribution in [1.29, 1.82) is 0 Å². The number of amides is 1. The van der Waals surface area contributed by atoms with Gasteiger partial charge in [-0.05, 0) is 37.0 Å². The Labute approximate surface area is 112 Å². The van der Waals surface area contributed by atoms with E-state index in [0.717, 1.165) is 30.5 Å². The lowest BCUT2D eigenvalue weighted by Crippen LogP contribution is -2.25. The number of nitrogens with one attached hydrogen (secondary N) is 2. The van der Waals surface area contributed by atoms with Crippen molar-refractivity contribution in [3.05, 3.63) is 48.0 Å². The number of aryl methyl sites for hydroxylation is 2. The Kier molecular flexibility index (Phi) is 5.10. The summed E-state index contributed by atoms with van der Waals surface area (Å²) in [5, 5.41) is 9.50. The molecule has 5 nitrogen and oxygen atoms in total. The van der Waals surface area contributed by atoms with Crippen LogP contribution < -0.4 is 5.32 Å². The fraction of sp³-hybridized carbons (Fsp3) is 0.357. The lowest BCUT2D eigenvalue weighted by Gasteiger charge is -2.04. The normalized spacial score (nSPS) is 10.3. The molecular weight excluding hydrogens is 240 g/mol. The topological polar surface area (TPSA) is 70.7 Å². The van der Waals surface area contributed by atoms with E-state index in [-0.39, 0.29) is 5.91 Å². The van der Waals surface area contributed by atoms with Gasteiger partial charge in [0.05, 0.1) is 6.20 Å². The van der Waals surface area contributed by atoms with Gasteiger partial charge in [-0.1, -0.05) is 6.07 Å². The van der Waals surface area contributed by atoms with E-state index in [1.165, 1.54) is 0 Å². The zero-order chi connectivity index (χ0) is 13.3. The van der Waals surface area contributed by atoms with Crippen LogP contribution in [0.5, 0.6) is 0 Å². The number of rotatable bonds is 7. The summed E-state index contributed by atoms with van der Waals surface area (Å²) in [5.74, 6) is 0.0854. The number of hydrogen-bond acceptors (Lipinski definition) is 3. The fourth-order valence-electron chi connectivity index (χ4n) is 1.80. The number of pyridine rings is 1. The van der Waals surface area contributed by atoms with Crippen LogP contribution in [-0.4, -0.2) is 27.6 Å². The number of aromatic nitrogens is 3. The summed E-state index contributed by atoms with van der Waals surface area (Å²) in [6.45, 7) is 0.695. The third-order valence-corrected chi connectivity index (χ3v) is 2.85. The van der Waals surface area contributed by atoms with Crippen molar-refractivity contribution in [1.82, 2.24) is 20.5 Å². The summed E-state index contributed by atoms with van der Waals surface area (Å²) in [5.41, 5.74) is 2.12. The van der Waals surface area contributed by atoms with Crippen LogP contribution >= 0.6 is 0 Å². The number of carbonyl (C=O) groups is 1. The molecule has 0 aromatic carbocycles. The van der Waals surface area contributed by atoms with Gasteiger partial charge in [0, 0.05) is 31.1 Å². The molecule has 0 unspecified atom stereocenters. The van der Waals surface area contributed by atoms with Crippen molar-refractivity contribution in [3.8, 4) is 0 Å². The van der Waals surface area contributed by atoms with E-state index >= 15 is 0 Å². The van der Waals surface area contributed by atoms with Crippen molar-refractivity contribution < 1.29 is 4.79 Å². The zero-order valence-corrected chi connectivity index (χ0v) is 10.8. The molecule has 0 saturated heterocycles. The van der Waals surface area contributed by atoms with Crippen molar-refractivity contribution in [2.45, 2.75) is 25.7 Å². The van der Waals surface area contributed by atoms with E-state index in [0.29, 0.717) is 13.0 Å². The SMILES string of the molecule is O=C(CCc1cn[nH]c1)NCCCc1ccccn1. The third kappa shape index (κ3) is 4.91. The van der Waals surface area contributed by atoms with E-state index in [4.69, 9.17) is 0 Å². The average Bonchev–Trinajstić information content (AvgIpc) is 2.96. The maximum Gasteiger partial charge on any atom is 0.220 e. The van der Waals surface area contributed by atoms with Gasteiger partial charge >= 0.3 is 0 Å². The van der Waals surface area contributed by atoms with Gasteiger partial charge in [-0.25, -0.2) is 0 Å². The highest BCUT2D eigenvalue weighted by molar-refractivity contribution is 5.76. The molecule has 0 aliphatic heterocycles. The van der Waals surface area contributed by atoms with Crippen LogP contribution in [0.1, 0.15) is 24.1 Å². The molecule has 2 aromatic heterocycles. The summed E-state index contributed by atoms with van der Waals surface area (Å²) in [6, 6.07) is 5.88. The lowest BCUT2D eigenvalue weighted by molar-refractivity contribution is -0.121. The smallest absolute Gasteiger partial charge is 0.220 e. The molecule has 0 aliphatic carbocycles. The molecule has 2 rings (SSSR count). The van der Waals surface area contributed by atoms with E-state index in [1.807, 2.05) is 24.4 Å². The van der Waals surface area contributed by atoms with Gasteiger partial charge in [-0.2, -0.15) is 5.10 Å². The van der Waals surface area contributed by atoms with Crippen LogP contribution in [0.4, 0.5) is 0 Å². The average molecular weight is 258 g/mol. The number of H-pyrrole nitrogens is 1. The molecule has 0 atom stereocenters. The Hall–Kier alpha value is -2.17. The number of hydrogen-bond donors (Lipinski definition) is 2. The first-order valence-electron chi connectivity index (χ1n) is 6.49. The molecule has 0 aliphatic rings. The van der Waals surface area contributed by atoms with Crippen molar-refractivity contribution in [3.63, 3.8) is 0 Å². The molecule has 0 saturated carbocycles. The second-order valence-corrected chi connectivity index (χ2v) is 4.38. The van der Waals surface area contributed by atoms with E-state index in [1.54, 1.807) is 12.4 Å². The van der Waals surface area contributed by atoms with E-state index in [2.05, 4.69) is 20.5 Å². The standard InChI is InChI=1S/C14H18N4O/c19-14(7-6-12-10-17-18-11-12)16-9-3-5-13-4-1-2-8-15-13/h1-2,4,8,10-11H,3,5-7,9H2,(H,16,19)(H,17,18). The molecule has 2 aromatic rings. The minimum absolute atomic E-state index is 0.0854. The second-order valence-electron chi connectivity index (χ2n) is 4.38. The molecular formula is C14H18N4O. The third-order valence-electron chi connectivity index (χ3n) is 2.85. The van der Waals surface area contributed by atoms with Gasteiger partial charge in [-0.3, -0.25) is 14.9 Å². The molecule has 0 spiro atoms. The summed E-state index contributed by atoms with van der Waals surface area (Å²) in [4.78, 5) is 15.8. The fourth-order valence-corrected chi connectivity index (χ4v) is 1.80. The second kappa shape index (κ2) is 7.31. The molecule has 100 valence electrons. The van der Waals surface area contributed by atoms with Crippen LogP contribution in [0.3, 0.4) is 0 Å². The Bertz CT molecular complexity index is 481. The quantitative estimate of drug-likeness (QED) is 0.739. The lowest BCUT2D eigenvalue weighted by atomic mass is 10.2. The molecule has 2 heterocycles. The largest absolute Gasteiger partial charge is 0.356 e. The van der Waals surface area contributed by atoms with E-state index in [9.17, 15) is 4.79 Å². The van der Waals surface area contributed by atoms with Gasteiger partial charge in [0.25, 0.3) is 0 Å². The number of carbonyl (C=O) groups excluding carboxylic acids is 1. The highest BCUT2D eigenvalue weighted by Gasteiger charge is 2.02. The van der Waals surface area contributed by atoms with Gasteiger partial charge in [-0.15, -0.1) is 0 Å². The molecule has 1 amide bonds. The van der Waals surface area contributed by atoms with Crippen LogP contribution in [0, 0.1) is 0 Å². The first-order valence-corrected chi connectivity index (χ1v) is 6.49. The Balaban J connectivity index is 1.57. The van der Waals surface area contributed by atoms with Crippen LogP contribution in [0.25, 0.3) is 0 Å². The van der Waals surface area contributed by atoms with Crippen molar-refractivity contribution >= 4 is 5.91 Å². The predicted octanol–water partition coefficient (Wildman–Crippen LogP) is 1.49. The molecule has 0 fully saturated rings. The molecule has 19 heavy (non-hydrogen) atoms. The van der Waals surface area contributed by atoms with Crippen molar-refractivity contribution in [2.24, 2.45) is 0 Å². The predicted molar refractivity (Wildman–Crippen MR) is 72.5 cm³/mol. The Morgan fingerprint density at radius 1 is 1.32 bits per heavy atom. The van der Waals surface area contributed by atoms with Crippen LogP contribution in [-0.2, 0) is 17.6 Å². The first-order chi connectivity index (χ1) is 9.34. The highest BCUT2D eigenvalue weighted by Crippen LogP contribution is 2.00. The Morgan fingerprint density at radius 3 is 3.00 bits per heavy atom. The minimum atomic E-state index is 0.0854. The molecule has 5 heteroatoms. The molecule has 2 N–H and O–H groups in total. The van der Waals surface area contributed by atoms with Crippen molar-refractivity contribution in [2.75, 3.05) is 6.54 Å². The van der Waals surface area contributed by atoms with Gasteiger partial charge in [0.1, 0.15) is 0 Å². The van der Waals surface area contributed by atoms with Gasteiger partial charge < -0.3 is 5.32 Å². The van der Waals surface area contributed by atoms with Gasteiger partial charge in [0.2, 0.25) is 5.91 Å². The summed E-state index contributed by atoms with van der Waals surface area (Å²) < 4.78 is 0. The van der Waals surface area contributed by atoms with Crippen LogP contribution in [0.15, 0.2) is 36.8 Å². The molecule has 0 bridgehead atoms. The summed E-state index contributed by atoms with van der Waals surface area (Å²) in [6.07, 6.45) is 8.38. The Morgan fingerprint density at radius 2 is 2.26 bits per heavy atom. The number of aromatic amines is 1. The number of nitrogens with zero attached hydrogens (tertiary/aromatic N) is 2. The summed E-state index contributed by atoms with van der Waals surface area (Å²) in [7, 11) is 0.